The second-order valence-corrected chi connectivity index (χ2v) is 10.5. The molecule has 0 spiro atoms. The third-order valence-electron chi connectivity index (χ3n) is 5.39. The number of aliphatic imine (C=N–C) groups is 1. The number of fused-ring (bicyclic) bond motifs is 1. The van der Waals surface area contributed by atoms with Crippen LogP contribution in [0.4, 0.5) is 11.4 Å². The summed E-state index contributed by atoms with van der Waals surface area (Å²) in [6.45, 7) is 0.756. The van der Waals surface area contributed by atoms with E-state index in [9.17, 15) is 38.2 Å². The maximum atomic E-state index is 13.3. The van der Waals surface area contributed by atoms with Crippen LogP contribution < -0.4 is 4.18 Å². The normalized spacial score (nSPS) is 19.1. The van der Waals surface area contributed by atoms with E-state index < -0.39 is 54.9 Å². The number of esters is 1. The topological polar surface area (TPSA) is 189 Å². The van der Waals surface area contributed by atoms with E-state index in [1.54, 1.807) is 0 Å². The number of nitro groups is 2. The van der Waals surface area contributed by atoms with E-state index in [0.29, 0.717) is 5.56 Å². The molecule has 0 unspecified atom stereocenters. The number of non-ortho nitro benzene ring substituents is 2. The number of thioether (sulfide) groups is 1. The molecule has 2 aromatic rings. The summed E-state index contributed by atoms with van der Waals surface area (Å²) in [6, 6.07) is 8.90. The highest BCUT2D eigenvalue weighted by Crippen LogP contribution is 2.44. The molecule has 0 N–H and O–H groups in total. The zero-order valence-electron chi connectivity index (χ0n) is 19.5. The quantitative estimate of drug-likeness (QED) is 0.109. The minimum absolute atomic E-state index is 0.0868. The van der Waals surface area contributed by atoms with Crippen molar-refractivity contribution in [3.8, 4) is 5.75 Å². The number of carbonyl (C=O) groups excluding carboxylic acids is 2. The fourth-order valence-electron chi connectivity index (χ4n) is 3.61. The van der Waals surface area contributed by atoms with E-state index in [1.807, 2.05) is 0 Å². The number of nitro benzene ring substituents is 2. The lowest BCUT2D eigenvalue weighted by Gasteiger charge is -2.47. The number of amides is 1. The highest BCUT2D eigenvalue weighted by Gasteiger charge is 2.55. The lowest BCUT2D eigenvalue weighted by Crippen LogP contribution is -2.64. The van der Waals surface area contributed by atoms with Gasteiger partial charge >= 0.3 is 16.1 Å². The highest BCUT2D eigenvalue weighted by atomic mass is 32.2. The Hall–Kier alpha value is -4.31. The van der Waals surface area contributed by atoms with Gasteiger partial charge in [0.1, 0.15) is 17.7 Å². The van der Waals surface area contributed by atoms with Crippen LogP contribution in [0, 0.1) is 20.2 Å². The van der Waals surface area contributed by atoms with Crippen LogP contribution >= 0.6 is 11.8 Å². The summed E-state index contributed by atoms with van der Waals surface area (Å²) in [5.74, 6) is -1.43. The van der Waals surface area contributed by atoms with Gasteiger partial charge in [0.15, 0.2) is 11.1 Å². The first-order chi connectivity index (χ1) is 18.0. The Morgan fingerprint density at radius 2 is 1.68 bits per heavy atom. The van der Waals surface area contributed by atoms with Gasteiger partial charge in [-0.1, -0.05) is 0 Å². The van der Waals surface area contributed by atoms with E-state index in [1.165, 1.54) is 42.2 Å². The minimum atomic E-state index is -4.64. The summed E-state index contributed by atoms with van der Waals surface area (Å²) in [4.78, 5) is 50.1. The molecule has 14 nitrogen and oxygen atoms in total. The van der Waals surface area contributed by atoms with Crippen molar-refractivity contribution in [3.05, 3.63) is 84.9 Å². The maximum absolute atomic E-state index is 13.3. The summed E-state index contributed by atoms with van der Waals surface area (Å²) >= 11 is 1.22. The van der Waals surface area contributed by atoms with Crippen molar-refractivity contribution in [2.24, 2.45) is 4.99 Å². The Labute approximate surface area is 219 Å². The molecule has 2 aromatic carbocycles. The molecule has 4 rings (SSSR count). The third-order valence-corrected chi connectivity index (χ3v) is 8.09. The van der Waals surface area contributed by atoms with Crippen molar-refractivity contribution >= 4 is 51.3 Å². The van der Waals surface area contributed by atoms with E-state index in [4.69, 9.17) is 8.92 Å². The average molecular weight is 563 g/mol. The largest absolute Gasteiger partial charge is 0.461 e. The van der Waals surface area contributed by atoms with Gasteiger partial charge in [-0.15, -0.1) is 11.8 Å². The van der Waals surface area contributed by atoms with Gasteiger partial charge in [-0.05, 0) is 29.8 Å². The molecule has 1 amide bonds. The summed E-state index contributed by atoms with van der Waals surface area (Å²) in [5.41, 5.74) is 0.243. The standard InChI is InChI=1S/C22H18N4O10S2/c1-13(27)35-11-15-12-37-21-19(23-10-14-2-4-16(5-3-14)25(29)30)20(28)24(21)22(15)38(33,34)36-18-8-6-17(7-9-18)26(31)32/h2-10,19,21H,11-12H2,1H3/t19-,21-/m1/s1. The molecule has 1 fully saturated rings. The van der Waals surface area contributed by atoms with Crippen LogP contribution in [0.3, 0.4) is 0 Å². The fraction of sp³-hybridized carbons (Fsp3) is 0.227. The molecule has 0 saturated carbocycles. The number of nitrogens with zero attached hydrogens (tertiary/aromatic N) is 4. The predicted molar refractivity (Wildman–Crippen MR) is 134 cm³/mol. The number of hydrogen-bond acceptors (Lipinski definition) is 12. The summed E-state index contributed by atoms with van der Waals surface area (Å²) in [5, 5.41) is 20.5. The van der Waals surface area contributed by atoms with Crippen LogP contribution in [-0.2, 0) is 24.4 Å². The second-order valence-electron chi connectivity index (χ2n) is 7.96. The van der Waals surface area contributed by atoms with Crippen molar-refractivity contribution in [1.82, 2.24) is 4.90 Å². The van der Waals surface area contributed by atoms with E-state index >= 15 is 0 Å². The Kier molecular flexibility index (Phi) is 7.45. The van der Waals surface area contributed by atoms with Gasteiger partial charge in [-0.25, -0.2) is 0 Å². The Bertz CT molecular complexity index is 1470. The molecule has 2 heterocycles. The maximum Gasteiger partial charge on any atom is 0.355 e. The van der Waals surface area contributed by atoms with Crippen molar-refractivity contribution in [3.63, 3.8) is 0 Å². The lowest BCUT2D eigenvalue weighted by atomic mass is 10.1. The molecular formula is C22H18N4O10S2. The molecule has 0 aromatic heterocycles. The monoisotopic (exact) mass is 562 g/mol. The molecule has 2 aliphatic rings. The van der Waals surface area contributed by atoms with Crippen molar-refractivity contribution in [1.29, 1.82) is 0 Å². The molecule has 16 heteroatoms. The average Bonchev–Trinajstić information content (AvgIpc) is 2.87. The van der Waals surface area contributed by atoms with Gasteiger partial charge in [-0.2, -0.15) is 8.42 Å². The molecule has 198 valence electrons. The zero-order chi connectivity index (χ0) is 27.6. The smallest absolute Gasteiger partial charge is 0.355 e. The summed E-state index contributed by atoms with van der Waals surface area (Å²) in [7, 11) is -4.64. The van der Waals surface area contributed by atoms with Crippen molar-refractivity contribution in [2.45, 2.75) is 18.3 Å². The number of ether oxygens (including phenoxy) is 1. The molecule has 1 saturated heterocycles. The van der Waals surface area contributed by atoms with E-state index in [0.717, 1.165) is 36.1 Å². The van der Waals surface area contributed by atoms with Gasteiger partial charge in [-0.3, -0.25) is 39.7 Å². The first-order valence-electron chi connectivity index (χ1n) is 10.7. The van der Waals surface area contributed by atoms with Crippen molar-refractivity contribution < 1.29 is 36.8 Å². The van der Waals surface area contributed by atoms with E-state index in [-0.39, 0.29) is 28.5 Å². The number of hydrogen-bond donors (Lipinski definition) is 0. The van der Waals surface area contributed by atoms with Crippen LogP contribution in [0.1, 0.15) is 12.5 Å². The minimum Gasteiger partial charge on any atom is -0.461 e. The summed E-state index contributed by atoms with van der Waals surface area (Å²) < 4.78 is 36.7. The molecule has 2 aliphatic heterocycles. The van der Waals surface area contributed by atoms with Crippen LogP contribution in [-0.4, -0.2) is 65.0 Å². The first kappa shape index (κ1) is 26.7. The van der Waals surface area contributed by atoms with Crippen LogP contribution in [0.2, 0.25) is 0 Å². The summed E-state index contributed by atoms with van der Waals surface area (Å²) in [6.07, 6.45) is 1.36. The van der Waals surface area contributed by atoms with Crippen LogP contribution in [0.5, 0.6) is 5.75 Å². The van der Waals surface area contributed by atoms with Crippen LogP contribution in [0.25, 0.3) is 0 Å². The Morgan fingerprint density at radius 3 is 2.24 bits per heavy atom. The molecule has 0 bridgehead atoms. The molecule has 2 atom stereocenters. The predicted octanol–water partition coefficient (Wildman–Crippen LogP) is 2.39. The lowest BCUT2D eigenvalue weighted by molar-refractivity contribution is -0.385. The number of β-lactam (4-membered cyclic amide) rings is 1. The SMILES string of the molecule is CC(=O)OCC1=C(S(=O)(=O)Oc2ccc([N+](=O)[O-])cc2)N2C(=O)[C@@H](N=Cc3ccc([N+](=O)[O-])cc3)[C@H]2SC1. The molecule has 0 aliphatic carbocycles. The Morgan fingerprint density at radius 1 is 1.11 bits per heavy atom. The van der Waals surface area contributed by atoms with Gasteiger partial charge in [0, 0.05) is 48.7 Å². The molecule has 0 radical (unpaired) electrons. The van der Waals surface area contributed by atoms with Gasteiger partial charge in [0.25, 0.3) is 17.3 Å². The van der Waals surface area contributed by atoms with Gasteiger partial charge in [0.2, 0.25) is 0 Å². The van der Waals surface area contributed by atoms with E-state index in [2.05, 4.69) is 4.99 Å². The molecular weight excluding hydrogens is 544 g/mol. The van der Waals surface area contributed by atoms with Gasteiger partial charge < -0.3 is 8.92 Å². The first-order valence-corrected chi connectivity index (χ1v) is 13.2. The Balaban J connectivity index is 1.60. The second kappa shape index (κ2) is 10.6. The van der Waals surface area contributed by atoms with Crippen LogP contribution in [0.15, 0.2) is 64.1 Å². The fourth-order valence-corrected chi connectivity index (χ4v) is 6.46. The highest BCUT2D eigenvalue weighted by molar-refractivity contribution is 8.00. The number of carbonyl (C=O) groups is 2. The number of rotatable bonds is 9. The number of benzene rings is 2. The zero-order valence-corrected chi connectivity index (χ0v) is 21.1. The molecule has 38 heavy (non-hydrogen) atoms. The van der Waals surface area contributed by atoms with Crippen molar-refractivity contribution in [2.75, 3.05) is 12.4 Å². The van der Waals surface area contributed by atoms with Gasteiger partial charge in [0.05, 0.1) is 9.85 Å². The third kappa shape index (κ3) is 5.50.